The van der Waals surface area contributed by atoms with Gasteiger partial charge >= 0.3 is 0 Å². The number of pyridine rings is 1. The van der Waals surface area contributed by atoms with Gasteiger partial charge in [-0.3, -0.25) is 0 Å². The van der Waals surface area contributed by atoms with Gasteiger partial charge < -0.3 is 9.29 Å². The Balaban J connectivity index is 2.58. The zero-order chi connectivity index (χ0) is 11.7. The molecule has 0 aromatic carbocycles. The molecule has 0 amide bonds. The molecule has 4 nitrogen and oxygen atoms in total. The topological polar surface area (TPSA) is 42.7 Å². The van der Waals surface area contributed by atoms with Gasteiger partial charge in [0.25, 0.3) is 0 Å². The van der Waals surface area contributed by atoms with Crippen LogP contribution in [0.4, 0.5) is 5.69 Å². The van der Waals surface area contributed by atoms with Crippen LogP contribution in [0.3, 0.4) is 0 Å². The number of nitrogens with one attached hydrogen (secondary N) is 1. The second-order valence-electron chi connectivity index (χ2n) is 3.74. The summed E-state index contributed by atoms with van der Waals surface area (Å²) in [6.45, 7) is 6.11. The van der Waals surface area contributed by atoms with Gasteiger partial charge in [-0.05, 0) is 19.9 Å². The summed E-state index contributed by atoms with van der Waals surface area (Å²) in [4.78, 5) is 9.05. The van der Waals surface area contributed by atoms with Crippen LogP contribution >= 0.6 is 11.9 Å². The molecule has 0 aliphatic rings. The highest BCUT2D eigenvalue weighted by Gasteiger charge is 2.10. The SMILES string of the molecule is CCSNc1cc(C)nc2c1nc(C)n2C. The minimum Gasteiger partial charge on any atom is -0.328 e. The second kappa shape index (κ2) is 4.33. The Bertz CT molecular complexity index is 518. The van der Waals surface area contributed by atoms with Crippen LogP contribution in [0, 0.1) is 13.8 Å². The molecule has 0 saturated carbocycles. The highest BCUT2D eigenvalue weighted by molar-refractivity contribution is 8.00. The van der Waals surface area contributed by atoms with Crippen LogP contribution in [-0.4, -0.2) is 20.3 Å². The fraction of sp³-hybridized carbons (Fsp3) is 0.455. The molecule has 0 aliphatic heterocycles. The van der Waals surface area contributed by atoms with E-state index in [2.05, 4.69) is 21.6 Å². The third kappa shape index (κ3) is 1.87. The molecule has 2 heterocycles. The molecule has 16 heavy (non-hydrogen) atoms. The predicted octanol–water partition coefficient (Wildman–Crippen LogP) is 2.67. The van der Waals surface area contributed by atoms with Crippen molar-refractivity contribution >= 4 is 28.8 Å². The lowest BCUT2D eigenvalue weighted by Gasteiger charge is -2.05. The molecule has 0 aliphatic carbocycles. The first kappa shape index (κ1) is 11.3. The van der Waals surface area contributed by atoms with Gasteiger partial charge in [0.1, 0.15) is 11.3 Å². The van der Waals surface area contributed by atoms with Crippen molar-refractivity contribution in [1.82, 2.24) is 14.5 Å². The molecule has 0 unspecified atom stereocenters. The number of anilines is 1. The van der Waals surface area contributed by atoms with E-state index in [-0.39, 0.29) is 0 Å². The van der Waals surface area contributed by atoms with E-state index in [1.165, 1.54) is 0 Å². The monoisotopic (exact) mass is 236 g/mol. The molecule has 1 N–H and O–H groups in total. The van der Waals surface area contributed by atoms with Crippen LogP contribution in [0.1, 0.15) is 18.4 Å². The van der Waals surface area contributed by atoms with Gasteiger partial charge in [0.15, 0.2) is 5.65 Å². The quantitative estimate of drug-likeness (QED) is 0.832. The lowest BCUT2D eigenvalue weighted by atomic mass is 10.3. The van der Waals surface area contributed by atoms with Crippen molar-refractivity contribution in [3.8, 4) is 0 Å². The minimum absolute atomic E-state index is 0.941. The number of hydrogen-bond donors (Lipinski definition) is 1. The van der Waals surface area contributed by atoms with Gasteiger partial charge in [-0.15, -0.1) is 0 Å². The minimum atomic E-state index is 0.941. The number of imidazole rings is 1. The van der Waals surface area contributed by atoms with Crippen LogP contribution in [0.2, 0.25) is 0 Å². The number of rotatable bonds is 3. The van der Waals surface area contributed by atoms with Gasteiger partial charge in [-0.1, -0.05) is 18.9 Å². The van der Waals surface area contributed by atoms with Gasteiger partial charge in [0, 0.05) is 18.5 Å². The van der Waals surface area contributed by atoms with Crippen molar-refractivity contribution in [3.05, 3.63) is 17.6 Å². The van der Waals surface area contributed by atoms with E-state index in [4.69, 9.17) is 0 Å². The molecule has 86 valence electrons. The van der Waals surface area contributed by atoms with E-state index in [1.54, 1.807) is 11.9 Å². The molecule has 0 bridgehead atoms. The van der Waals surface area contributed by atoms with E-state index in [9.17, 15) is 0 Å². The average Bonchev–Trinajstić information content (AvgIpc) is 2.53. The standard InChI is InChI=1S/C11H16N4S/c1-5-16-14-9-6-7(2)12-11-10(9)13-8(3)15(11)4/h6H,5H2,1-4H3,(H,12,14). The maximum atomic E-state index is 4.53. The number of hydrogen-bond acceptors (Lipinski definition) is 4. The molecule has 0 fully saturated rings. The second-order valence-corrected chi connectivity index (χ2v) is 4.81. The zero-order valence-corrected chi connectivity index (χ0v) is 10.9. The summed E-state index contributed by atoms with van der Waals surface area (Å²) < 4.78 is 5.34. The van der Waals surface area contributed by atoms with Crippen molar-refractivity contribution in [2.24, 2.45) is 7.05 Å². The lowest BCUT2D eigenvalue weighted by molar-refractivity contribution is 0.872. The highest BCUT2D eigenvalue weighted by Crippen LogP contribution is 2.24. The molecule has 5 heteroatoms. The molecule has 0 spiro atoms. The van der Waals surface area contributed by atoms with Crippen molar-refractivity contribution in [3.63, 3.8) is 0 Å². The zero-order valence-electron chi connectivity index (χ0n) is 10.0. The van der Waals surface area contributed by atoms with Gasteiger partial charge in [0.05, 0.1) is 5.69 Å². The Morgan fingerprint density at radius 1 is 1.38 bits per heavy atom. The number of aryl methyl sites for hydroxylation is 3. The molecular weight excluding hydrogens is 220 g/mol. The molecule has 0 radical (unpaired) electrons. The summed E-state index contributed by atoms with van der Waals surface area (Å²) in [5.41, 5.74) is 3.95. The van der Waals surface area contributed by atoms with Gasteiger partial charge in [-0.25, -0.2) is 9.97 Å². The first-order chi connectivity index (χ1) is 7.63. The largest absolute Gasteiger partial charge is 0.328 e. The van der Waals surface area contributed by atoms with Crippen LogP contribution in [0.25, 0.3) is 11.2 Å². The Labute approximate surface area is 99.6 Å². The van der Waals surface area contributed by atoms with E-state index in [0.29, 0.717) is 0 Å². The molecule has 2 rings (SSSR count). The molecule has 0 atom stereocenters. The van der Waals surface area contributed by atoms with Crippen molar-refractivity contribution in [2.75, 3.05) is 10.5 Å². The molecule has 2 aromatic heterocycles. The fourth-order valence-electron chi connectivity index (χ4n) is 1.61. The van der Waals surface area contributed by atoms with E-state index < -0.39 is 0 Å². The van der Waals surface area contributed by atoms with E-state index in [0.717, 1.165) is 34.1 Å². The summed E-state index contributed by atoms with van der Waals surface area (Å²) in [6, 6.07) is 2.04. The van der Waals surface area contributed by atoms with Gasteiger partial charge in [-0.2, -0.15) is 0 Å². The van der Waals surface area contributed by atoms with E-state index >= 15 is 0 Å². The Morgan fingerprint density at radius 2 is 2.12 bits per heavy atom. The fourth-order valence-corrected chi connectivity index (χ4v) is 2.07. The van der Waals surface area contributed by atoms with E-state index in [1.807, 2.05) is 31.5 Å². The van der Waals surface area contributed by atoms with Gasteiger partial charge in [0.2, 0.25) is 0 Å². The van der Waals surface area contributed by atoms with Crippen molar-refractivity contribution in [2.45, 2.75) is 20.8 Å². The van der Waals surface area contributed by atoms with Crippen LogP contribution in [-0.2, 0) is 7.05 Å². The Morgan fingerprint density at radius 3 is 2.81 bits per heavy atom. The van der Waals surface area contributed by atoms with Crippen LogP contribution in [0.15, 0.2) is 6.07 Å². The van der Waals surface area contributed by atoms with Crippen molar-refractivity contribution < 1.29 is 0 Å². The third-order valence-corrected chi connectivity index (χ3v) is 3.16. The van der Waals surface area contributed by atoms with Crippen molar-refractivity contribution in [1.29, 1.82) is 0 Å². The predicted molar refractivity (Wildman–Crippen MR) is 69.7 cm³/mol. The first-order valence-corrected chi connectivity index (χ1v) is 6.30. The summed E-state index contributed by atoms with van der Waals surface area (Å²) in [5, 5.41) is 0. The maximum absolute atomic E-state index is 4.53. The Kier molecular flexibility index (Phi) is 3.05. The first-order valence-electron chi connectivity index (χ1n) is 5.32. The smallest absolute Gasteiger partial charge is 0.162 e. The number of nitrogens with zero attached hydrogens (tertiary/aromatic N) is 3. The summed E-state index contributed by atoms with van der Waals surface area (Å²) in [5.74, 6) is 2.01. The Hall–Kier alpha value is -1.23. The van der Waals surface area contributed by atoms with Crippen LogP contribution in [0.5, 0.6) is 0 Å². The number of aromatic nitrogens is 3. The van der Waals surface area contributed by atoms with Crippen LogP contribution < -0.4 is 4.72 Å². The summed E-state index contributed by atoms with van der Waals surface area (Å²) >= 11 is 1.67. The molecule has 2 aromatic rings. The highest BCUT2D eigenvalue weighted by atomic mass is 32.2. The third-order valence-electron chi connectivity index (χ3n) is 2.51. The maximum Gasteiger partial charge on any atom is 0.162 e. The summed E-state index contributed by atoms with van der Waals surface area (Å²) in [7, 11) is 1.99. The normalized spacial score (nSPS) is 11.0. The summed E-state index contributed by atoms with van der Waals surface area (Å²) in [6.07, 6.45) is 0. The average molecular weight is 236 g/mol. The lowest BCUT2D eigenvalue weighted by Crippen LogP contribution is -1.95. The molecular formula is C11H16N4S. The molecule has 0 saturated heterocycles. The number of fused-ring (bicyclic) bond motifs is 1.